The third-order valence-corrected chi connectivity index (χ3v) is 4.51. The third kappa shape index (κ3) is 3.93. The first-order valence-electron chi connectivity index (χ1n) is 8.32. The Hall–Kier alpha value is -2.71. The summed E-state index contributed by atoms with van der Waals surface area (Å²) in [6, 6.07) is 8.75. The molecule has 28 heavy (non-hydrogen) atoms. The molecule has 148 valence electrons. The van der Waals surface area contributed by atoms with Crippen LogP contribution in [0.3, 0.4) is 0 Å². The van der Waals surface area contributed by atoms with E-state index in [-0.39, 0.29) is 5.90 Å². The Kier molecular flexibility index (Phi) is 5.81. The van der Waals surface area contributed by atoms with Crippen LogP contribution in [-0.4, -0.2) is 35.2 Å². The lowest BCUT2D eigenvalue weighted by molar-refractivity contribution is 0.0989. The highest BCUT2D eigenvalue weighted by molar-refractivity contribution is 6.21. The summed E-state index contributed by atoms with van der Waals surface area (Å²) in [5.41, 5.74) is 5.06. The molecule has 0 radical (unpaired) electrons. The van der Waals surface area contributed by atoms with Gasteiger partial charge in [0, 0.05) is 0 Å². The van der Waals surface area contributed by atoms with Gasteiger partial charge in [0.25, 0.3) is 5.91 Å². The zero-order valence-corrected chi connectivity index (χ0v) is 15.5. The number of amides is 1. The van der Waals surface area contributed by atoms with E-state index >= 15 is 0 Å². The molecule has 9 heteroatoms. The fourth-order valence-corrected chi connectivity index (χ4v) is 3.02. The molecular formula is C19H17ClF2N2O4. The highest BCUT2D eigenvalue weighted by Crippen LogP contribution is 2.33. The van der Waals surface area contributed by atoms with Crippen LogP contribution in [0.25, 0.3) is 0 Å². The molecule has 0 fully saturated rings. The number of ether oxygens (including phenoxy) is 2. The number of aliphatic imine (C=N–C) groups is 1. The van der Waals surface area contributed by atoms with Gasteiger partial charge in [-0.05, 0) is 24.6 Å². The number of hydrogen-bond acceptors (Lipinski definition) is 5. The summed E-state index contributed by atoms with van der Waals surface area (Å²) < 4.78 is 38.8. The second kappa shape index (κ2) is 8.12. The van der Waals surface area contributed by atoms with Crippen molar-refractivity contribution < 1.29 is 28.2 Å². The van der Waals surface area contributed by atoms with Gasteiger partial charge in [-0.1, -0.05) is 41.4 Å². The van der Waals surface area contributed by atoms with Crippen LogP contribution in [0.4, 0.5) is 8.78 Å². The van der Waals surface area contributed by atoms with Crippen LogP contribution in [0, 0.1) is 18.6 Å². The third-order valence-electron chi connectivity index (χ3n) is 4.18. The predicted octanol–water partition coefficient (Wildman–Crippen LogP) is 2.85. The van der Waals surface area contributed by atoms with Gasteiger partial charge < -0.3 is 20.3 Å². The average Bonchev–Trinajstić information content (AvgIpc) is 3.03. The van der Waals surface area contributed by atoms with Crippen molar-refractivity contribution in [3.05, 3.63) is 64.7 Å². The van der Waals surface area contributed by atoms with Crippen LogP contribution in [0.15, 0.2) is 41.4 Å². The molecule has 6 nitrogen and oxygen atoms in total. The Morgan fingerprint density at radius 3 is 2.61 bits per heavy atom. The number of benzene rings is 2. The fraction of sp³-hybridized carbons (Fsp3) is 0.263. The second-order valence-corrected chi connectivity index (χ2v) is 6.61. The van der Waals surface area contributed by atoms with E-state index in [0.29, 0.717) is 0 Å². The van der Waals surface area contributed by atoms with Crippen LogP contribution in [0.5, 0.6) is 5.75 Å². The lowest BCUT2D eigenvalue weighted by Crippen LogP contribution is -2.32. The summed E-state index contributed by atoms with van der Waals surface area (Å²) in [7, 11) is 0. The Morgan fingerprint density at radius 1 is 1.32 bits per heavy atom. The molecule has 3 unspecified atom stereocenters. The monoisotopic (exact) mass is 410 g/mol. The Morgan fingerprint density at radius 2 is 2.00 bits per heavy atom. The van der Waals surface area contributed by atoms with Gasteiger partial charge in [-0.25, -0.2) is 13.8 Å². The largest absolute Gasteiger partial charge is 0.475 e. The fourth-order valence-electron chi connectivity index (χ4n) is 2.72. The molecule has 0 bridgehead atoms. The van der Waals surface area contributed by atoms with Gasteiger partial charge in [0.15, 0.2) is 23.2 Å². The van der Waals surface area contributed by atoms with Gasteiger partial charge in [0.1, 0.15) is 17.4 Å². The number of carbonyl (C=O) groups is 1. The molecule has 0 aliphatic carbocycles. The van der Waals surface area contributed by atoms with E-state index in [1.165, 1.54) is 0 Å². The van der Waals surface area contributed by atoms with Crippen molar-refractivity contribution in [3.8, 4) is 5.75 Å². The van der Waals surface area contributed by atoms with Crippen LogP contribution < -0.4 is 10.5 Å². The molecule has 0 saturated heterocycles. The first-order chi connectivity index (χ1) is 13.3. The summed E-state index contributed by atoms with van der Waals surface area (Å²) in [5, 5.41) is 9.63. The number of aryl methyl sites for hydroxylation is 1. The zero-order valence-electron chi connectivity index (χ0n) is 14.7. The van der Waals surface area contributed by atoms with Crippen LogP contribution in [0.2, 0.25) is 0 Å². The van der Waals surface area contributed by atoms with E-state index in [9.17, 15) is 18.7 Å². The molecule has 0 saturated carbocycles. The summed E-state index contributed by atoms with van der Waals surface area (Å²) in [4.78, 5) is 15.6. The van der Waals surface area contributed by atoms with Crippen molar-refractivity contribution >= 4 is 23.4 Å². The zero-order chi connectivity index (χ0) is 20.4. The van der Waals surface area contributed by atoms with Crippen molar-refractivity contribution in [1.29, 1.82) is 0 Å². The number of nitrogens with two attached hydrogens (primary N) is 1. The van der Waals surface area contributed by atoms with E-state index in [0.717, 1.165) is 23.3 Å². The van der Waals surface area contributed by atoms with E-state index in [2.05, 4.69) is 4.99 Å². The molecule has 1 amide bonds. The summed E-state index contributed by atoms with van der Waals surface area (Å²) in [5.74, 6) is -4.20. The van der Waals surface area contributed by atoms with Crippen molar-refractivity contribution in [1.82, 2.24) is 0 Å². The number of hydrogen-bond donors (Lipinski definition) is 2. The van der Waals surface area contributed by atoms with Crippen molar-refractivity contribution in [2.24, 2.45) is 10.7 Å². The van der Waals surface area contributed by atoms with Crippen LogP contribution in [-0.2, 0) is 4.74 Å². The van der Waals surface area contributed by atoms with Gasteiger partial charge in [0.2, 0.25) is 5.90 Å². The van der Waals surface area contributed by atoms with Gasteiger partial charge >= 0.3 is 0 Å². The van der Waals surface area contributed by atoms with Gasteiger partial charge in [-0.15, -0.1) is 0 Å². The van der Waals surface area contributed by atoms with Crippen LogP contribution >= 0.6 is 11.6 Å². The molecule has 2 aromatic carbocycles. The van der Waals surface area contributed by atoms with Crippen molar-refractivity contribution in [2.45, 2.75) is 24.6 Å². The number of rotatable bonds is 6. The number of alkyl halides is 1. The Labute approximate surface area is 164 Å². The number of aliphatic hydroxyl groups excluding tert-OH is 1. The number of nitrogens with zero attached hydrogens (tertiary/aromatic N) is 1. The summed E-state index contributed by atoms with van der Waals surface area (Å²) in [6.45, 7) is 1.32. The van der Waals surface area contributed by atoms with E-state index in [1.54, 1.807) is 0 Å². The van der Waals surface area contributed by atoms with Crippen LogP contribution in [0.1, 0.15) is 27.5 Å². The molecule has 1 heterocycles. The molecule has 1 aliphatic rings. The number of halogens is 3. The Balaban J connectivity index is 1.86. The molecule has 3 N–H and O–H groups in total. The average molecular weight is 411 g/mol. The van der Waals surface area contributed by atoms with Gasteiger partial charge in [-0.3, -0.25) is 4.79 Å². The van der Waals surface area contributed by atoms with E-state index in [4.69, 9.17) is 26.8 Å². The lowest BCUT2D eigenvalue weighted by atomic mass is 10.1. The number of aliphatic hydroxyl groups is 1. The SMILES string of the molecule is Cc1ccc(C2N=C(C(CO)Oc3ccc(F)c(C(N)=O)c3F)OC2Cl)cc1. The number of primary amides is 1. The number of carbonyl (C=O) groups excluding carboxylic acids is 1. The summed E-state index contributed by atoms with van der Waals surface area (Å²) in [6.07, 6.45) is -1.21. The molecule has 1 aliphatic heterocycles. The first-order valence-corrected chi connectivity index (χ1v) is 8.75. The second-order valence-electron chi connectivity index (χ2n) is 6.18. The maximum absolute atomic E-state index is 14.4. The minimum Gasteiger partial charge on any atom is -0.475 e. The molecule has 3 atom stereocenters. The van der Waals surface area contributed by atoms with Crippen molar-refractivity contribution in [3.63, 3.8) is 0 Å². The quantitative estimate of drug-likeness (QED) is 0.716. The van der Waals surface area contributed by atoms with Crippen molar-refractivity contribution in [2.75, 3.05) is 6.61 Å². The molecular weight excluding hydrogens is 394 g/mol. The topological polar surface area (TPSA) is 94.1 Å². The minimum absolute atomic E-state index is 0.0441. The molecule has 2 aromatic rings. The smallest absolute Gasteiger partial charge is 0.254 e. The Bertz CT molecular complexity index is 921. The predicted molar refractivity (Wildman–Crippen MR) is 98.5 cm³/mol. The van der Waals surface area contributed by atoms with Gasteiger partial charge in [0.05, 0.1) is 6.61 Å². The maximum Gasteiger partial charge on any atom is 0.254 e. The molecule has 3 rings (SSSR count). The summed E-state index contributed by atoms with van der Waals surface area (Å²) >= 11 is 6.21. The lowest BCUT2D eigenvalue weighted by Gasteiger charge is -2.18. The standard InChI is InChI=1S/C19H17ClF2N2O4/c1-9-2-4-10(5-3-9)16-17(20)28-19(24-16)13(8-25)27-12-7-6-11(21)14(15(12)22)18(23)26/h2-7,13,16-17,25H,8H2,1H3,(H2,23,26). The molecule has 0 aromatic heterocycles. The highest BCUT2D eigenvalue weighted by atomic mass is 35.5. The van der Waals surface area contributed by atoms with Gasteiger partial charge in [-0.2, -0.15) is 0 Å². The van der Waals surface area contributed by atoms with E-state index < -0.39 is 53.2 Å². The first kappa shape index (κ1) is 20.0. The minimum atomic E-state index is -1.28. The normalized spacial score (nSPS) is 19.7. The highest BCUT2D eigenvalue weighted by Gasteiger charge is 2.35. The molecule has 0 spiro atoms. The maximum atomic E-state index is 14.4. The van der Waals surface area contributed by atoms with E-state index in [1.807, 2.05) is 31.2 Å².